The highest BCUT2D eigenvalue weighted by molar-refractivity contribution is 7.85. The van der Waals surface area contributed by atoms with Gasteiger partial charge in [-0.25, -0.2) is 0 Å². The van der Waals surface area contributed by atoms with Crippen LogP contribution in [0.3, 0.4) is 0 Å². The minimum atomic E-state index is -4.14. The largest absolute Gasteiger partial charge is 0.294 e. The van der Waals surface area contributed by atoms with E-state index in [1.807, 2.05) is 6.07 Å². The molecule has 0 aromatic heterocycles. The van der Waals surface area contributed by atoms with Crippen molar-refractivity contribution in [1.82, 2.24) is 0 Å². The van der Waals surface area contributed by atoms with Gasteiger partial charge in [-0.3, -0.25) is 4.55 Å². The molecule has 0 saturated carbocycles. The molecule has 0 saturated heterocycles. The molecule has 1 rings (SSSR count). The monoisotopic (exact) mass is 354 g/mol. The predicted molar refractivity (Wildman–Crippen MR) is 101 cm³/mol. The summed E-state index contributed by atoms with van der Waals surface area (Å²) in [5.74, 6) is 0. The fraction of sp³-hybridized carbons (Fsp3) is 0.700. The number of benzene rings is 1. The first-order valence-electron chi connectivity index (χ1n) is 9.59. The number of unbranched alkanes of at least 4 members (excludes halogenated alkanes) is 8. The van der Waals surface area contributed by atoms with Gasteiger partial charge in [-0.2, -0.15) is 8.42 Å². The summed E-state index contributed by atoms with van der Waals surface area (Å²) >= 11 is 0. The van der Waals surface area contributed by atoms with Crippen LogP contribution in [-0.2, 0) is 23.0 Å². The van der Waals surface area contributed by atoms with Crippen LogP contribution in [-0.4, -0.2) is 13.0 Å². The van der Waals surface area contributed by atoms with Crippen LogP contribution in [0.25, 0.3) is 0 Å². The summed E-state index contributed by atoms with van der Waals surface area (Å²) in [5, 5.41) is 0. The average molecular weight is 355 g/mol. The van der Waals surface area contributed by atoms with Crippen molar-refractivity contribution in [2.75, 3.05) is 0 Å². The van der Waals surface area contributed by atoms with Crippen molar-refractivity contribution < 1.29 is 13.0 Å². The third kappa shape index (κ3) is 7.80. The third-order valence-electron chi connectivity index (χ3n) is 4.59. The molecule has 0 spiro atoms. The van der Waals surface area contributed by atoms with E-state index in [0.29, 0.717) is 0 Å². The van der Waals surface area contributed by atoms with E-state index in [9.17, 15) is 13.0 Å². The molecule has 0 aliphatic heterocycles. The Balaban J connectivity index is 2.77. The van der Waals surface area contributed by atoms with Crippen LogP contribution >= 0.6 is 0 Å². The maximum Gasteiger partial charge on any atom is 0.294 e. The van der Waals surface area contributed by atoms with Crippen LogP contribution in [0.5, 0.6) is 0 Å². The SMILES string of the molecule is CCCCCCCc1cccc(S(=O)(=O)O)c1CCCCCCC. The lowest BCUT2D eigenvalue weighted by molar-refractivity contribution is 0.481. The van der Waals surface area contributed by atoms with Crippen molar-refractivity contribution in [3.63, 3.8) is 0 Å². The Bertz CT molecular complexity index is 564. The Labute approximate surface area is 148 Å². The lowest BCUT2D eigenvalue weighted by Gasteiger charge is -2.13. The lowest BCUT2D eigenvalue weighted by Crippen LogP contribution is -2.07. The van der Waals surface area contributed by atoms with Crippen LogP contribution in [0.2, 0.25) is 0 Å². The quantitative estimate of drug-likeness (QED) is 0.351. The zero-order valence-corrected chi connectivity index (χ0v) is 16.2. The first kappa shape index (κ1) is 21.2. The number of aryl methyl sites for hydroxylation is 1. The Morgan fingerprint density at radius 1 is 0.792 bits per heavy atom. The van der Waals surface area contributed by atoms with E-state index in [1.54, 1.807) is 6.07 Å². The minimum Gasteiger partial charge on any atom is -0.282 e. The fourth-order valence-corrected chi connectivity index (χ4v) is 3.99. The molecule has 0 atom stereocenters. The summed E-state index contributed by atoms with van der Waals surface area (Å²) < 4.78 is 33.0. The second kappa shape index (κ2) is 11.6. The molecular formula is C20H34O3S. The molecule has 0 aliphatic rings. The van der Waals surface area contributed by atoms with Gasteiger partial charge in [0.1, 0.15) is 0 Å². The average Bonchev–Trinajstić information content (AvgIpc) is 2.54. The summed E-state index contributed by atoms with van der Waals surface area (Å²) in [7, 11) is -4.14. The molecule has 3 nitrogen and oxygen atoms in total. The van der Waals surface area contributed by atoms with Crippen molar-refractivity contribution in [2.45, 2.75) is 95.8 Å². The fourth-order valence-electron chi connectivity index (χ4n) is 3.20. The van der Waals surface area contributed by atoms with Crippen molar-refractivity contribution in [3.05, 3.63) is 29.3 Å². The van der Waals surface area contributed by atoms with Crippen molar-refractivity contribution in [1.29, 1.82) is 0 Å². The van der Waals surface area contributed by atoms with E-state index in [0.717, 1.165) is 43.2 Å². The van der Waals surface area contributed by atoms with Gasteiger partial charge in [-0.1, -0.05) is 77.3 Å². The van der Waals surface area contributed by atoms with E-state index in [4.69, 9.17) is 0 Å². The van der Waals surface area contributed by atoms with Gasteiger partial charge in [0.05, 0.1) is 4.90 Å². The van der Waals surface area contributed by atoms with E-state index < -0.39 is 10.1 Å². The molecule has 0 fully saturated rings. The predicted octanol–water partition coefficient (Wildman–Crippen LogP) is 5.96. The van der Waals surface area contributed by atoms with Crippen molar-refractivity contribution in [3.8, 4) is 0 Å². The molecule has 138 valence electrons. The van der Waals surface area contributed by atoms with E-state index in [-0.39, 0.29) is 4.90 Å². The highest BCUT2D eigenvalue weighted by atomic mass is 32.2. The summed E-state index contributed by atoms with van der Waals surface area (Å²) in [5.41, 5.74) is 1.93. The Morgan fingerprint density at radius 3 is 1.88 bits per heavy atom. The number of rotatable bonds is 13. The van der Waals surface area contributed by atoms with Crippen LogP contribution in [0.1, 0.15) is 89.2 Å². The van der Waals surface area contributed by atoms with Gasteiger partial charge in [0.25, 0.3) is 10.1 Å². The van der Waals surface area contributed by atoms with E-state index in [1.165, 1.54) is 51.0 Å². The third-order valence-corrected chi connectivity index (χ3v) is 5.53. The van der Waals surface area contributed by atoms with Gasteiger partial charge in [-0.05, 0) is 42.9 Å². The molecule has 0 aliphatic carbocycles. The zero-order valence-electron chi connectivity index (χ0n) is 15.4. The first-order chi connectivity index (χ1) is 11.5. The summed E-state index contributed by atoms with van der Waals surface area (Å²) in [6.07, 6.45) is 13.3. The van der Waals surface area contributed by atoms with Gasteiger partial charge in [-0.15, -0.1) is 0 Å². The van der Waals surface area contributed by atoms with Gasteiger partial charge < -0.3 is 0 Å². The molecule has 1 aromatic carbocycles. The second-order valence-electron chi connectivity index (χ2n) is 6.70. The maximum atomic E-state index is 11.7. The van der Waals surface area contributed by atoms with Crippen LogP contribution < -0.4 is 0 Å². The molecule has 1 N–H and O–H groups in total. The summed E-state index contributed by atoms with van der Waals surface area (Å²) in [4.78, 5) is 0.115. The molecule has 0 amide bonds. The molecule has 1 aromatic rings. The van der Waals surface area contributed by atoms with Crippen molar-refractivity contribution in [2.24, 2.45) is 0 Å². The van der Waals surface area contributed by atoms with E-state index in [2.05, 4.69) is 13.8 Å². The van der Waals surface area contributed by atoms with Gasteiger partial charge in [0.2, 0.25) is 0 Å². The Morgan fingerprint density at radius 2 is 1.33 bits per heavy atom. The topological polar surface area (TPSA) is 54.4 Å². The molecule has 0 radical (unpaired) electrons. The zero-order chi connectivity index (χ0) is 17.8. The highest BCUT2D eigenvalue weighted by Gasteiger charge is 2.17. The smallest absolute Gasteiger partial charge is 0.282 e. The number of hydrogen-bond acceptors (Lipinski definition) is 2. The van der Waals surface area contributed by atoms with Crippen molar-refractivity contribution >= 4 is 10.1 Å². The Hall–Kier alpha value is -0.870. The highest BCUT2D eigenvalue weighted by Crippen LogP contribution is 2.24. The van der Waals surface area contributed by atoms with Crippen LogP contribution in [0, 0.1) is 0 Å². The minimum absolute atomic E-state index is 0.115. The molecule has 0 bridgehead atoms. The van der Waals surface area contributed by atoms with Crippen LogP contribution in [0.15, 0.2) is 23.1 Å². The number of hydrogen-bond donors (Lipinski definition) is 1. The summed E-state index contributed by atoms with van der Waals surface area (Å²) in [6.45, 7) is 4.39. The molecule has 24 heavy (non-hydrogen) atoms. The lowest BCUT2D eigenvalue weighted by atomic mass is 9.96. The van der Waals surface area contributed by atoms with E-state index >= 15 is 0 Å². The van der Waals surface area contributed by atoms with Gasteiger partial charge in [0, 0.05) is 0 Å². The Kier molecular flexibility index (Phi) is 10.3. The standard InChI is InChI=1S/C20H34O3S/c1-3-5-7-9-11-14-18-15-13-17-20(24(21,22)23)19(18)16-12-10-8-6-4-2/h13,15,17H,3-12,14,16H2,1-2H3,(H,21,22,23). The molecule has 0 unspecified atom stereocenters. The molecular weight excluding hydrogens is 320 g/mol. The maximum absolute atomic E-state index is 11.7. The normalized spacial score (nSPS) is 11.8. The molecule has 0 heterocycles. The van der Waals surface area contributed by atoms with Crippen LogP contribution in [0.4, 0.5) is 0 Å². The van der Waals surface area contributed by atoms with Gasteiger partial charge >= 0.3 is 0 Å². The first-order valence-corrected chi connectivity index (χ1v) is 11.0. The molecule has 4 heteroatoms. The summed E-state index contributed by atoms with van der Waals surface area (Å²) in [6, 6.07) is 5.32. The van der Waals surface area contributed by atoms with Gasteiger partial charge in [0.15, 0.2) is 0 Å². The second-order valence-corrected chi connectivity index (χ2v) is 8.09.